The summed E-state index contributed by atoms with van der Waals surface area (Å²) < 4.78 is 2.80. The van der Waals surface area contributed by atoms with Gasteiger partial charge in [-0.15, -0.1) is 0 Å². The van der Waals surface area contributed by atoms with E-state index in [0.29, 0.717) is 22.1 Å². The maximum absolute atomic E-state index is 13.3. The SMILES string of the molecule is Cc1ccc2n(n1)c(=O)c(Cc1ccccc1)c([O-])[n+]2-c1ccc(Cl)cc1. The van der Waals surface area contributed by atoms with Crippen LogP contribution < -0.4 is 15.2 Å². The molecule has 0 saturated heterocycles. The van der Waals surface area contributed by atoms with E-state index in [4.69, 9.17) is 11.6 Å². The molecule has 0 amide bonds. The summed E-state index contributed by atoms with van der Waals surface area (Å²) in [6.45, 7) is 1.81. The van der Waals surface area contributed by atoms with Gasteiger partial charge in [0.25, 0.3) is 0 Å². The number of hydrogen-bond acceptors (Lipinski definition) is 3. The van der Waals surface area contributed by atoms with E-state index < -0.39 is 5.56 Å². The molecule has 0 aliphatic heterocycles. The zero-order chi connectivity index (χ0) is 19.0. The van der Waals surface area contributed by atoms with E-state index in [-0.39, 0.29) is 17.9 Å². The van der Waals surface area contributed by atoms with E-state index >= 15 is 0 Å². The third-order valence-electron chi connectivity index (χ3n) is 4.40. The van der Waals surface area contributed by atoms with Crippen molar-refractivity contribution in [3.63, 3.8) is 0 Å². The Morgan fingerprint density at radius 3 is 2.44 bits per heavy atom. The van der Waals surface area contributed by atoms with Gasteiger partial charge >= 0.3 is 11.2 Å². The molecule has 6 heteroatoms. The fourth-order valence-corrected chi connectivity index (χ4v) is 3.20. The van der Waals surface area contributed by atoms with Gasteiger partial charge in [0, 0.05) is 17.5 Å². The van der Waals surface area contributed by atoms with Crippen molar-refractivity contribution >= 4 is 17.2 Å². The standard InChI is InChI=1S/C21H16ClN3O2/c1-14-7-12-19-24(17-10-8-16(22)9-11-17)20(26)18(21(27)25(19)23-14)13-15-5-3-2-4-6-15/h2-12H,13H2,1H3. The zero-order valence-corrected chi connectivity index (χ0v) is 15.3. The second-order valence-corrected chi connectivity index (χ2v) is 6.74. The van der Waals surface area contributed by atoms with Gasteiger partial charge in [-0.1, -0.05) is 51.5 Å². The van der Waals surface area contributed by atoms with Crippen LogP contribution in [0.3, 0.4) is 0 Å². The maximum atomic E-state index is 13.3. The average molecular weight is 378 g/mol. The van der Waals surface area contributed by atoms with Gasteiger partial charge in [0.1, 0.15) is 5.69 Å². The molecule has 2 aromatic heterocycles. The summed E-state index contributed by atoms with van der Waals surface area (Å²) in [6.07, 6.45) is 0.241. The average Bonchev–Trinajstić information content (AvgIpc) is 2.68. The molecule has 0 N–H and O–H groups in total. The molecular formula is C21H16ClN3O2. The number of benzene rings is 2. The zero-order valence-electron chi connectivity index (χ0n) is 14.6. The smallest absolute Gasteiger partial charge is 0.365 e. The lowest BCUT2D eigenvalue weighted by Crippen LogP contribution is -2.43. The van der Waals surface area contributed by atoms with Crippen molar-refractivity contribution in [1.29, 1.82) is 0 Å². The van der Waals surface area contributed by atoms with E-state index in [1.165, 1.54) is 9.08 Å². The van der Waals surface area contributed by atoms with Gasteiger partial charge in [0.15, 0.2) is 0 Å². The van der Waals surface area contributed by atoms with Gasteiger partial charge in [-0.3, -0.25) is 0 Å². The van der Waals surface area contributed by atoms with Gasteiger partial charge in [-0.2, -0.15) is 0 Å². The largest absolute Gasteiger partial charge is 0.842 e. The molecule has 27 heavy (non-hydrogen) atoms. The molecule has 0 unspecified atom stereocenters. The van der Waals surface area contributed by atoms with E-state index in [9.17, 15) is 9.90 Å². The summed E-state index contributed by atoms with van der Waals surface area (Å²) in [7, 11) is 0. The van der Waals surface area contributed by atoms with Crippen molar-refractivity contribution in [3.8, 4) is 11.6 Å². The normalized spacial score (nSPS) is 11.0. The predicted octanol–water partition coefficient (Wildman–Crippen LogP) is 2.60. The number of rotatable bonds is 3. The molecule has 0 bridgehead atoms. The third kappa shape index (κ3) is 3.17. The minimum Gasteiger partial charge on any atom is -0.842 e. The fourth-order valence-electron chi connectivity index (χ4n) is 3.08. The Balaban J connectivity index is 2.03. The van der Waals surface area contributed by atoms with Crippen LogP contribution >= 0.6 is 11.6 Å². The molecule has 0 aliphatic rings. The van der Waals surface area contributed by atoms with Crippen LogP contribution in [0.2, 0.25) is 5.02 Å². The molecule has 0 saturated carbocycles. The highest BCUT2D eigenvalue weighted by molar-refractivity contribution is 6.30. The Kier molecular flexibility index (Phi) is 4.38. The molecule has 4 rings (SSSR count). The predicted molar refractivity (Wildman–Crippen MR) is 101 cm³/mol. The van der Waals surface area contributed by atoms with Crippen molar-refractivity contribution in [2.75, 3.05) is 0 Å². The number of fused-ring (bicyclic) bond motifs is 1. The first-order valence-corrected chi connectivity index (χ1v) is 8.87. The molecular weight excluding hydrogens is 362 g/mol. The van der Waals surface area contributed by atoms with Gasteiger partial charge in [0.05, 0.1) is 17.1 Å². The van der Waals surface area contributed by atoms with E-state index in [0.717, 1.165) is 5.56 Å². The van der Waals surface area contributed by atoms with Gasteiger partial charge in [-0.05, 0) is 42.8 Å². The minimum absolute atomic E-state index is 0.173. The van der Waals surface area contributed by atoms with Crippen LogP contribution in [0.1, 0.15) is 16.8 Å². The van der Waals surface area contributed by atoms with Crippen LogP contribution in [0.15, 0.2) is 71.5 Å². The van der Waals surface area contributed by atoms with E-state index in [1.54, 1.807) is 43.3 Å². The van der Waals surface area contributed by atoms with Crippen LogP contribution in [-0.4, -0.2) is 9.61 Å². The van der Waals surface area contributed by atoms with Crippen molar-refractivity contribution < 1.29 is 9.67 Å². The molecule has 0 atom stereocenters. The number of aromatic nitrogens is 3. The molecule has 5 nitrogen and oxygen atoms in total. The summed E-state index contributed by atoms with van der Waals surface area (Å²) in [6, 6.07) is 19.9. The van der Waals surface area contributed by atoms with E-state index in [1.807, 2.05) is 30.3 Å². The first-order valence-electron chi connectivity index (χ1n) is 8.49. The number of aryl methyl sites for hydroxylation is 1. The Hall–Kier alpha value is -3.18. The highest BCUT2D eigenvalue weighted by Gasteiger charge is 2.21. The second-order valence-electron chi connectivity index (χ2n) is 6.31. The highest BCUT2D eigenvalue weighted by atomic mass is 35.5. The molecule has 2 aromatic carbocycles. The van der Waals surface area contributed by atoms with E-state index in [2.05, 4.69) is 5.10 Å². The minimum atomic E-state index is -0.396. The third-order valence-corrected chi connectivity index (χ3v) is 4.65. The Labute approximate surface area is 160 Å². The van der Waals surface area contributed by atoms with Crippen molar-refractivity contribution in [1.82, 2.24) is 9.61 Å². The van der Waals surface area contributed by atoms with Crippen LogP contribution in [0.25, 0.3) is 11.3 Å². The number of halogens is 1. The van der Waals surface area contributed by atoms with Gasteiger partial charge < -0.3 is 5.11 Å². The first-order chi connectivity index (χ1) is 13.0. The van der Waals surface area contributed by atoms with Gasteiger partial charge in [0.2, 0.25) is 0 Å². The lowest BCUT2D eigenvalue weighted by atomic mass is 10.1. The highest BCUT2D eigenvalue weighted by Crippen LogP contribution is 2.16. The summed E-state index contributed by atoms with van der Waals surface area (Å²) >= 11 is 5.99. The fraction of sp³-hybridized carbons (Fsp3) is 0.0952. The quantitative estimate of drug-likeness (QED) is 0.515. The van der Waals surface area contributed by atoms with Crippen LogP contribution in [0.4, 0.5) is 0 Å². The molecule has 0 fully saturated rings. The van der Waals surface area contributed by atoms with Crippen molar-refractivity contribution in [2.24, 2.45) is 0 Å². The lowest BCUT2D eigenvalue weighted by Gasteiger charge is -2.16. The van der Waals surface area contributed by atoms with Crippen LogP contribution in [0, 0.1) is 6.92 Å². The molecule has 0 radical (unpaired) electrons. The van der Waals surface area contributed by atoms with Crippen LogP contribution in [-0.2, 0) is 6.42 Å². The monoisotopic (exact) mass is 377 g/mol. The lowest BCUT2D eigenvalue weighted by molar-refractivity contribution is -0.632. The van der Waals surface area contributed by atoms with Crippen molar-refractivity contribution in [2.45, 2.75) is 13.3 Å². The summed E-state index contributed by atoms with van der Waals surface area (Å²) in [5.41, 5.74) is 2.40. The molecule has 2 heterocycles. The summed E-state index contributed by atoms with van der Waals surface area (Å²) in [4.78, 5) is 13.0. The molecule has 134 valence electrons. The van der Waals surface area contributed by atoms with Crippen molar-refractivity contribution in [3.05, 3.63) is 98.9 Å². The number of hydrogen-bond donors (Lipinski definition) is 0. The van der Waals surface area contributed by atoms with Gasteiger partial charge in [-0.25, -0.2) is 9.36 Å². The Morgan fingerprint density at radius 1 is 1.04 bits per heavy atom. The summed E-state index contributed by atoms with van der Waals surface area (Å²) in [5.74, 6) is -0.350. The first kappa shape index (κ1) is 17.2. The molecule has 4 aromatic rings. The Morgan fingerprint density at radius 2 is 1.74 bits per heavy atom. The maximum Gasteiger partial charge on any atom is 0.365 e. The summed E-state index contributed by atoms with van der Waals surface area (Å²) in [5, 5.41) is 18.2. The van der Waals surface area contributed by atoms with Crippen LogP contribution in [0.5, 0.6) is 5.88 Å². The topological polar surface area (TPSA) is 61.3 Å². The molecule has 0 spiro atoms. The molecule has 0 aliphatic carbocycles. The second kappa shape index (κ2) is 6.85. The number of nitrogens with zero attached hydrogens (tertiary/aromatic N) is 3. The Bertz CT molecular complexity index is 1190.